The first kappa shape index (κ1) is 123. The maximum atomic E-state index is 11.9. The molecule has 0 radical (unpaired) electrons. The second-order valence-electron chi connectivity index (χ2n) is 30.5. The monoisotopic (exact) mass is 2160 g/mol. The largest absolute Gasteiger partial charge is 1.00 e. The number of ether oxygens (including phenoxy) is 5. The van der Waals surface area contributed by atoms with Crippen molar-refractivity contribution in [3.8, 4) is 17.5 Å². The second kappa shape index (κ2) is 67.6. The van der Waals surface area contributed by atoms with Crippen LogP contribution in [0, 0.1) is 20.2 Å². The van der Waals surface area contributed by atoms with E-state index in [4.69, 9.17) is 69.6 Å². The standard InChI is InChI=1S/2C24H24N6O2.C13H9ClN4O.C11H14N2O3.C11H16N2O.C7H6BrNO2.C4H9NO.CH3F.CH2O3.2CH4.ClH.Fe.2K.H3N.H/c2*25-23(31)20-16-30(21-4-2-1-3-19(20)21)22-9-10-26-24(28-22)27-18-7-5-17(6-8-18)15-29-11-13-32-14-12-29;14-13-16-6-5-11(17-13)18-7-9(12(15)19)8-3-1-2-4-10(8)18;14-13(15)11-3-1-10(2-4-11)9-12-5-7-16-8-6-12;12-11-3-1-10(2-4-11)9-13-5-7-14-8-6-13;8-5-6-1-3-7(4-2-6)9(10)11;1-3-6-4-2-5-1;1-2;2-1-4-3;;;;;;;;/h2*1-10,16H,11-15H2,(H2,25,31)(H,26,27,28);1-7H,(H2,15,19);1-4H,5-9H2;1-4H,5-9,12H2;1-4H,5H2;5H,1-4H2;1H3;1,3H;2*1H4;1H;;;;1H3;/q;;;;;;;;;;;;;2*+1;;-1/p-1/i;;;;;;;1D;;;;;;;;;. The Kier molecular flexibility index (Phi) is 58.4. The SMILES string of the molecule is C.C.C1COCCN1.Cl.N.NC(=O)c1cn(-c2ccnc(Cl)n2)c2ccccc12.NC(=O)c1cn(-c2ccnc(Nc3ccc(CN4CCOCC4)cc3)n2)c2ccccc12.NC(=O)c1cn(-c2ccnc(Nc3ccc(CN4CCOCC4)cc3)n2)c2ccccc12.Nc1ccc(CN2CCOCC2)cc1.O=CO[O-].O=[N+]([O-])c1ccc(CBr)cc1.O=[N+]([O-])c1ccc(CN2CCOCC2)cc1.[2H]CF.[Fe].[H-].[K+].[K+]. The molecule has 0 unspecified atom stereocenters. The van der Waals surface area contributed by atoms with Gasteiger partial charge in [0.1, 0.15) is 17.5 Å². The number of benzene rings is 8. The van der Waals surface area contributed by atoms with E-state index in [-0.39, 0.29) is 183 Å². The van der Waals surface area contributed by atoms with Crippen LogP contribution in [-0.4, -0.2) is 236 Å². The number of nitrogens with one attached hydrogen (secondary N) is 3. The van der Waals surface area contributed by atoms with Crippen LogP contribution in [0.3, 0.4) is 0 Å². The number of aromatic nitrogens is 9. The molecular formula is C98H119BrCl2FFeK2N23O15. The van der Waals surface area contributed by atoms with Crippen molar-refractivity contribution in [2.45, 2.75) is 46.4 Å². The minimum absolute atomic E-state index is 0. The van der Waals surface area contributed by atoms with Gasteiger partial charge in [-0.05, 0) is 112 Å². The molecule has 0 saturated carbocycles. The number of primary amides is 3. The molecule has 38 nitrogen and oxygen atoms in total. The molecule has 0 bridgehead atoms. The van der Waals surface area contributed by atoms with E-state index in [1.165, 1.54) is 28.8 Å². The maximum Gasteiger partial charge on any atom is 1.00 e. The molecule has 6 aromatic heterocycles. The number of fused-ring (bicyclic) bond motifs is 3. The normalized spacial score (nSPS) is 13.7. The third-order valence-electron chi connectivity index (χ3n) is 21.3. The number of anilines is 5. The first-order valence-electron chi connectivity index (χ1n) is 43.9. The number of carbonyl (C=O) groups is 4. The second-order valence-corrected chi connectivity index (χ2v) is 31.4. The molecule has 754 valence electrons. The molecule has 5 aliphatic rings. The van der Waals surface area contributed by atoms with Crippen molar-refractivity contribution in [1.82, 2.24) is 74.7 Å². The van der Waals surface area contributed by atoms with Crippen molar-refractivity contribution in [3.63, 3.8) is 0 Å². The predicted molar refractivity (Wildman–Crippen MR) is 545 cm³/mol. The Balaban J connectivity index is 0.000000445. The Morgan fingerprint density at radius 2 is 0.755 bits per heavy atom. The third-order valence-corrected chi connectivity index (χ3v) is 22.2. The number of halogens is 4. The number of alkyl halides is 2. The molecule has 19 rings (SSSR count). The number of nitro groups is 2. The zero-order valence-electron chi connectivity index (χ0n) is 79.9. The number of carbonyl (C=O) groups excluding carboxylic acids is 4. The molecule has 14 aromatic rings. The molecule has 5 aliphatic heterocycles. The van der Waals surface area contributed by atoms with E-state index in [1.807, 2.05) is 130 Å². The van der Waals surface area contributed by atoms with E-state index in [9.17, 15) is 39.0 Å². The molecule has 8 aromatic carbocycles. The van der Waals surface area contributed by atoms with Crippen LogP contribution < -0.4 is 153 Å². The van der Waals surface area contributed by atoms with Crippen LogP contribution in [0.2, 0.25) is 5.28 Å². The van der Waals surface area contributed by atoms with Crippen LogP contribution in [0.4, 0.5) is 44.7 Å². The van der Waals surface area contributed by atoms with E-state index in [2.05, 4.69) is 123 Å². The van der Waals surface area contributed by atoms with Crippen molar-refractivity contribution in [3.05, 3.63) is 320 Å². The summed E-state index contributed by atoms with van der Waals surface area (Å²) in [5, 5.41) is 42.0. The summed E-state index contributed by atoms with van der Waals surface area (Å²) in [4.78, 5) is 102. The molecule has 11 heterocycles. The fourth-order valence-electron chi connectivity index (χ4n) is 14.5. The minimum Gasteiger partial charge on any atom is -1.00 e. The number of hydrogen-bond donors (Lipinski definition) is 8. The van der Waals surface area contributed by atoms with Crippen molar-refractivity contribution in [2.24, 2.45) is 17.2 Å². The minimum atomic E-state index is -1.00. The summed E-state index contributed by atoms with van der Waals surface area (Å²) in [5.41, 5.74) is 35.0. The van der Waals surface area contributed by atoms with E-state index >= 15 is 0 Å². The molecule has 143 heavy (non-hydrogen) atoms. The maximum absolute atomic E-state index is 11.9. The quantitative estimate of drug-likeness (QED) is 0.00465. The Labute approximate surface area is 947 Å². The number of non-ortho nitro benzene ring substituents is 2. The van der Waals surface area contributed by atoms with Gasteiger partial charge in [0, 0.05) is 209 Å². The number of rotatable bonds is 22. The van der Waals surface area contributed by atoms with Gasteiger partial charge >= 0.3 is 103 Å². The number of nitrogens with two attached hydrogens (primary N) is 4. The van der Waals surface area contributed by atoms with E-state index < -0.39 is 29.8 Å². The summed E-state index contributed by atoms with van der Waals surface area (Å²) >= 11 is 9.04. The summed E-state index contributed by atoms with van der Waals surface area (Å²) < 4.78 is 47.4. The smallest absolute Gasteiger partial charge is 1.00 e. The third kappa shape index (κ3) is 40.1. The number of amides is 3. The number of nitrogens with zero attached hydrogens (tertiary/aromatic N) is 15. The number of para-hydroxylation sites is 3. The van der Waals surface area contributed by atoms with Gasteiger partial charge in [-0.25, -0.2) is 15.0 Å². The summed E-state index contributed by atoms with van der Waals surface area (Å²) in [6, 6.07) is 65.8. The molecule has 3 amide bonds. The number of morpholine rings is 5. The van der Waals surface area contributed by atoms with Gasteiger partial charge in [-0.3, -0.25) is 63.4 Å². The van der Waals surface area contributed by atoms with Gasteiger partial charge in [0.25, 0.3) is 35.6 Å². The number of nitrogen functional groups attached to an aromatic ring is 1. The van der Waals surface area contributed by atoms with Gasteiger partial charge in [0.2, 0.25) is 17.2 Å². The van der Waals surface area contributed by atoms with Gasteiger partial charge < -0.3 is 94.0 Å². The van der Waals surface area contributed by atoms with Crippen molar-refractivity contribution in [1.29, 1.82) is 0 Å². The van der Waals surface area contributed by atoms with Crippen LogP contribution >= 0.6 is 39.9 Å². The number of nitro benzene ring substituents is 2. The van der Waals surface area contributed by atoms with Crippen molar-refractivity contribution < 1.29 is 190 Å². The topological polar surface area (TPSA) is 513 Å². The first-order valence-corrected chi connectivity index (χ1v) is 44.7. The Morgan fingerprint density at radius 3 is 1.02 bits per heavy atom. The van der Waals surface area contributed by atoms with Crippen LogP contribution in [0.1, 0.15) is 76.5 Å². The average molecular weight is 2160 g/mol. The molecule has 14 N–H and O–H groups in total. The van der Waals surface area contributed by atoms with Gasteiger partial charge in [-0.1, -0.05) is 146 Å². The van der Waals surface area contributed by atoms with E-state index in [0.29, 0.717) is 46.0 Å². The fourth-order valence-corrected chi connectivity index (χ4v) is 15.0. The number of hydrogen-bond acceptors (Lipinski definition) is 30. The Morgan fingerprint density at radius 1 is 0.483 bits per heavy atom. The van der Waals surface area contributed by atoms with Crippen LogP contribution in [0.25, 0.3) is 50.2 Å². The molecule has 5 saturated heterocycles. The summed E-state index contributed by atoms with van der Waals surface area (Å²) in [5.74, 6) is 1.42. The molecule has 5 fully saturated rings. The van der Waals surface area contributed by atoms with Crippen molar-refractivity contribution in [2.75, 3.05) is 155 Å². The van der Waals surface area contributed by atoms with E-state index in [0.717, 1.165) is 224 Å². The Bertz CT molecular complexity index is 5990. The summed E-state index contributed by atoms with van der Waals surface area (Å²) in [6.07, 6.45) is 10.0. The fraction of sp³-hybridized carbons (Fsp3) is 0.286. The Hall–Kier alpha value is -10.00. The van der Waals surface area contributed by atoms with Crippen LogP contribution in [-0.2, 0) is 81.9 Å². The molecule has 0 aliphatic carbocycles. The molecule has 45 heteroatoms. The van der Waals surface area contributed by atoms with Gasteiger partial charge in [0.05, 0.1) is 118 Å². The first-order chi connectivity index (χ1) is 66.7. The molecule has 0 spiro atoms. The van der Waals surface area contributed by atoms with Crippen LogP contribution in [0.5, 0.6) is 0 Å². The van der Waals surface area contributed by atoms with Crippen molar-refractivity contribution >= 4 is 137 Å². The zero-order valence-corrected chi connectivity index (χ0v) is 88.4. The predicted octanol–water partition coefficient (Wildman–Crippen LogP) is 7.98. The zero-order chi connectivity index (χ0) is 97.1. The van der Waals surface area contributed by atoms with Gasteiger partial charge in [-0.2, -0.15) is 15.0 Å². The van der Waals surface area contributed by atoms with Gasteiger partial charge in [0.15, 0.2) is 0 Å². The molecule has 0 atom stereocenters. The van der Waals surface area contributed by atoms with Crippen LogP contribution in [0.15, 0.2) is 250 Å². The summed E-state index contributed by atoms with van der Waals surface area (Å²) in [7, 11) is -1.00. The average Bonchev–Trinajstić information content (AvgIpc) is 1.64. The summed E-state index contributed by atoms with van der Waals surface area (Å²) in [6.45, 7) is 21.5. The van der Waals surface area contributed by atoms with E-state index in [1.54, 1.807) is 84.2 Å². The van der Waals surface area contributed by atoms with Gasteiger partial charge in [-0.15, -0.1) is 12.4 Å². The molecular weight excluding hydrogens is 2040 g/mol.